The van der Waals surface area contributed by atoms with Gasteiger partial charge in [0.2, 0.25) is 0 Å². The molecule has 2 aliphatic rings. The van der Waals surface area contributed by atoms with Gasteiger partial charge in [0.05, 0.1) is 17.2 Å². The quantitative estimate of drug-likeness (QED) is 0.612. The van der Waals surface area contributed by atoms with Crippen LogP contribution in [0.3, 0.4) is 0 Å². The van der Waals surface area contributed by atoms with Gasteiger partial charge in [-0.1, -0.05) is 13.8 Å². The molecule has 0 aromatic heterocycles. The lowest BCUT2D eigenvalue weighted by Gasteiger charge is -2.38. The zero-order valence-electron chi connectivity index (χ0n) is 19.8. The Kier molecular flexibility index (Phi) is 7.92. The Labute approximate surface area is 193 Å². The molecule has 1 atom stereocenters. The van der Waals surface area contributed by atoms with Crippen molar-refractivity contribution in [1.82, 2.24) is 14.7 Å². The molecule has 2 fully saturated rings. The third kappa shape index (κ3) is 5.12. The Hall–Kier alpha value is -2.71. The van der Waals surface area contributed by atoms with Gasteiger partial charge in [-0.3, -0.25) is 14.5 Å². The molecule has 9 heteroatoms. The number of piperidine rings is 1. The summed E-state index contributed by atoms with van der Waals surface area (Å²) < 4.78 is 34.7. The molecular formula is C24H33F2N3O4. The zero-order chi connectivity index (χ0) is 24.3. The molecule has 3 amide bonds. The number of hydrogen-bond donors (Lipinski definition) is 0. The number of halogens is 2. The third-order valence-electron chi connectivity index (χ3n) is 6.47. The molecule has 0 bridgehead atoms. The van der Waals surface area contributed by atoms with E-state index in [1.54, 1.807) is 18.7 Å². The summed E-state index contributed by atoms with van der Waals surface area (Å²) in [6.07, 6.45) is 1.50. The number of ether oxygens (including phenoxy) is 1. The lowest BCUT2D eigenvalue weighted by Crippen LogP contribution is -2.50. The number of likely N-dealkylation sites (tertiary alicyclic amines) is 1. The molecule has 0 unspecified atom stereocenters. The summed E-state index contributed by atoms with van der Waals surface area (Å²) in [6.45, 7) is 9.19. The van der Waals surface area contributed by atoms with Gasteiger partial charge in [0.1, 0.15) is 18.2 Å². The van der Waals surface area contributed by atoms with Gasteiger partial charge in [0.15, 0.2) is 0 Å². The van der Waals surface area contributed by atoms with Crippen molar-refractivity contribution in [2.45, 2.75) is 59.0 Å². The Morgan fingerprint density at radius 1 is 1.09 bits per heavy atom. The van der Waals surface area contributed by atoms with Crippen molar-refractivity contribution in [2.24, 2.45) is 5.92 Å². The van der Waals surface area contributed by atoms with Crippen molar-refractivity contribution in [1.29, 1.82) is 0 Å². The van der Waals surface area contributed by atoms with Crippen molar-refractivity contribution in [2.75, 3.05) is 32.8 Å². The molecule has 7 nitrogen and oxygen atoms in total. The van der Waals surface area contributed by atoms with E-state index in [-0.39, 0.29) is 31.3 Å². The Morgan fingerprint density at radius 2 is 1.67 bits per heavy atom. The molecular weight excluding hydrogens is 432 g/mol. The average molecular weight is 466 g/mol. The maximum Gasteiger partial charge on any atom is 0.410 e. The highest BCUT2D eigenvalue weighted by molar-refractivity contribution is 6.07. The SMILES string of the molecule is CCN(CC)C(=O)c1c(F)ccc(F)c1C(=O)N1CCC(N2C(=O)OC[C@H]2CC(C)C)CC1. The van der Waals surface area contributed by atoms with Crippen molar-refractivity contribution in [3.8, 4) is 0 Å². The predicted molar refractivity (Wildman–Crippen MR) is 119 cm³/mol. The molecule has 2 heterocycles. The van der Waals surface area contributed by atoms with E-state index in [2.05, 4.69) is 13.8 Å². The van der Waals surface area contributed by atoms with Crippen molar-refractivity contribution < 1.29 is 27.9 Å². The fourth-order valence-electron chi connectivity index (χ4n) is 4.79. The number of benzene rings is 1. The van der Waals surface area contributed by atoms with E-state index in [9.17, 15) is 23.2 Å². The Bertz CT molecular complexity index is 896. The smallest absolute Gasteiger partial charge is 0.410 e. The molecule has 0 saturated carbocycles. The molecule has 0 radical (unpaired) electrons. The molecule has 3 rings (SSSR count). The summed E-state index contributed by atoms with van der Waals surface area (Å²) in [5.41, 5.74) is -1.05. The molecule has 0 spiro atoms. The van der Waals surface area contributed by atoms with Crippen LogP contribution >= 0.6 is 0 Å². The van der Waals surface area contributed by atoms with E-state index >= 15 is 0 Å². The summed E-state index contributed by atoms with van der Waals surface area (Å²) in [4.78, 5) is 43.0. The summed E-state index contributed by atoms with van der Waals surface area (Å²) >= 11 is 0. The van der Waals surface area contributed by atoms with Crippen LogP contribution in [0.1, 0.15) is 67.7 Å². The van der Waals surface area contributed by atoms with Crippen molar-refractivity contribution in [3.63, 3.8) is 0 Å². The minimum absolute atomic E-state index is 0.00344. The predicted octanol–water partition coefficient (Wildman–Crippen LogP) is 3.92. The van der Waals surface area contributed by atoms with Crippen molar-refractivity contribution >= 4 is 17.9 Å². The number of rotatable bonds is 7. The van der Waals surface area contributed by atoms with Crippen LogP contribution in [0.15, 0.2) is 12.1 Å². The van der Waals surface area contributed by atoms with Crippen LogP contribution in [0, 0.1) is 17.6 Å². The first-order chi connectivity index (χ1) is 15.7. The molecule has 0 aliphatic carbocycles. The first-order valence-corrected chi connectivity index (χ1v) is 11.7. The first kappa shape index (κ1) is 24.9. The number of nitrogens with zero attached hydrogens (tertiary/aromatic N) is 3. The fourth-order valence-corrected chi connectivity index (χ4v) is 4.79. The highest BCUT2D eigenvalue weighted by atomic mass is 19.1. The first-order valence-electron chi connectivity index (χ1n) is 11.7. The van der Waals surface area contributed by atoms with Crippen LogP contribution in [-0.4, -0.2) is 77.5 Å². The molecule has 182 valence electrons. The highest BCUT2D eigenvalue weighted by Crippen LogP contribution is 2.29. The van der Waals surface area contributed by atoms with Gasteiger partial charge in [-0.2, -0.15) is 0 Å². The molecule has 2 aliphatic heterocycles. The van der Waals surface area contributed by atoms with E-state index in [0.29, 0.717) is 38.5 Å². The lowest BCUT2D eigenvalue weighted by molar-refractivity contribution is 0.0614. The second-order valence-corrected chi connectivity index (χ2v) is 9.05. The fraction of sp³-hybridized carbons (Fsp3) is 0.625. The van der Waals surface area contributed by atoms with Crippen LogP contribution < -0.4 is 0 Å². The van der Waals surface area contributed by atoms with E-state index in [1.165, 1.54) is 9.80 Å². The van der Waals surface area contributed by atoms with E-state index in [4.69, 9.17) is 4.74 Å². The van der Waals surface area contributed by atoms with Crippen LogP contribution in [0.2, 0.25) is 0 Å². The van der Waals surface area contributed by atoms with Crippen LogP contribution in [-0.2, 0) is 4.74 Å². The number of hydrogen-bond acceptors (Lipinski definition) is 4. The van der Waals surface area contributed by atoms with E-state index < -0.39 is 34.6 Å². The monoisotopic (exact) mass is 465 g/mol. The number of amides is 3. The normalized spacial score (nSPS) is 19.2. The average Bonchev–Trinajstić information content (AvgIpc) is 3.14. The Balaban J connectivity index is 1.78. The highest BCUT2D eigenvalue weighted by Gasteiger charge is 2.40. The van der Waals surface area contributed by atoms with Gasteiger partial charge in [-0.05, 0) is 51.2 Å². The van der Waals surface area contributed by atoms with Gasteiger partial charge >= 0.3 is 6.09 Å². The molecule has 1 aromatic carbocycles. The summed E-state index contributed by atoms with van der Waals surface area (Å²) in [5.74, 6) is -2.83. The van der Waals surface area contributed by atoms with E-state index in [0.717, 1.165) is 18.6 Å². The van der Waals surface area contributed by atoms with E-state index in [1.807, 2.05) is 0 Å². The summed E-state index contributed by atoms with van der Waals surface area (Å²) in [7, 11) is 0. The molecule has 33 heavy (non-hydrogen) atoms. The summed E-state index contributed by atoms with van der Waals surface area (Å²) in [6, 6.07) is 1.68. The third-order valence-corrected chi connectivity index (χ3v) is 6.47. The minimum Gasteiger partial charge on any atom is -0.447 e. The molecule has 0 N–H and O–H groups in total. The molecule has 1 aromatic rings. The number of carbonyl (C=O) groups is 3. The second kappa shape index (κ2) is 10.5. The van der Waals surface area contributed by atoms with Gasteiger partial charge in [0.25, 0.3) is 11.8 Å². The lowest BCUT2D eigenvalue weighted by atomic mass is 9.97. The van der Waals surface area contributed by atoms with Gasteiger partial charge < -0.3 is 14.5 Å². The molecule has 2 saturated heterocycles. The second-order valence-electron chi connectivity index (χ2n) is 9.05. The largest absolute Gasteiger partial charge is 0.447 e. The maximum atomic E-state index is 14.8. The topological polar surface area (TPSA) is 70.2 Å². The standard InChI is InChI=1S/C24H33F2N3O4/c1-5-27(6-2)22(30)20-18(25)7-8-19(26)21(20)23(31)28-11-9-16(10-12-28)29-17(13-15(3)4)14-33-24(29)32/h7-8,15-17H,5-6,9-14H2,1-4H3/t17-/m1/s1. The van der Waals surface area contributed by atoms with Crippen LogP contribution in [0.5, 0.6) is 0 Å². The number of carbonyl (C=O) groups excluding carboxylic acids is 3. The number of cyclic esters (lactones) is 1. The minimum atomic E-state index is -0.917. The van der Waals surface area contributed by atoms with Gasteiger partial charge in [-0.25, -0.2) is 13.6 Å². The maximum absolute atomic E-state index is 14.8. The zero-order valence-corrected chi connectivity index (χ0v) is 19.8. The van der Waals surface area contributed by atoms with Crippen molar-refractivity contribution in [3.05, 3.63) is 34.9 Å². The Morgan fingerprint density at radius 3 is 2.21 bits per heavy atom. The van der Waals surface area contributed by atoms with Gasteiger partial charge in [0, 0.05) is 32.2 Å². The van der Waals surface area contributed by atoms with Gasteiger partial charge in [-0.15, -0.1) is 0 Å². The van der Waals surface area contributed by atoms with Crippen LogP contribution in [0.25, 0.3) is 0 Å². The summed E-state index contributed by atoms with van der Waals surface area (Å²) in [5, 5.41) is 0. The van der Waals surface area contributed by atoms with Crippen LogP contribution in [0.4, 0.5) is 13.6 Å².